The number of fused-ring (bicyclic) bond motifs is 1. The van der Waals surface area contributed by atoms with E-state index in [4.69, 9.17) is 0 Å². The number of carbonyl (C=O) groups excluding carboxylic acids is 1. The van der Waals surface area contributed by atoms with Crippen molar-refractivity contribution in [3.63, 3.8) is 0 Å². The van der Waals surface area contributed by atoms with Gasteiger partial charge in [0.2, 0.25) is 0 Å². The van der Waals surface area contributed by atoms with Gasteiger partial charge in [0.1, 0.15) is 6.54 Å². The Morgan fingerprint density at radius 1 is 1.38 bits per heavy atom. The lowest BCUT2D eigenvalue weighted by atomic mass is 9.76. The minimum atomic E-state index is -0.105. The number of carbonyl (C=O) groups is 1. The maximum Gasteiger partial charge on any atom is 0.260 e. The van der Waals surface area contributed by atoms with Gasteiger partial charge in [0, 0.05) is 11.6 Å². The molecule has 0 unspecified atom stereocenters. The van der Waals surface area contributed by atoms with E-state index >= 15 is 0 Å². The maximum absolute atomic E-state index is 12.3. The molecule has 24 heavy (non-hydrogen) atoms. The maximum atomic E-state index is 12.3. The number of para-hydroxylation sites is 2. The molecule has 5 heteroatoms. The van der Waals surface area contributed by atoms with E-state index in [1.54, 1.807) is 6.33 Å². The summed E-state index contributed by atoms with van der Waals surface area (Å²) in [5.41, 5.74) is 5.77. The van der Waals surface area contributed by atoms with Crippen LogP contribution in [0.5, 0.6) is 0 Å². The lowest BCUT2D eigenvalue weighted by Crippen LogP contribution is -2.31. The molecule has 1 aromatic heterocycles. The molecule has 2 aromatic rings. The molecule has 0 radical (unpaired) electrons. The zero-order valence-electron chi connectivity index (χ0n) is 14.7. The van der Waals surface area contributed by atoms with E-state index in [-0.39, 0.29) is 12.5 Å². The van der Waals surface area contributed by atoms with Gasteiger partial charge < -0.3 is 4.57 Å². The van der Waals surface area contributed by atoms with Crippen molar-refractivity contribution in [3.8, 4) is 0 Å². The zero-order valence-corrected chi connectivity index (χ0v) is 14.7. The quantitative estimate of drug-likeness (QED) is 0.873. The Labute approximate surface area is 143 Å². The van der Waals surface area contributed by atoms with Gasteiger partial charge in [0.15, 0.2) is 0 Å². The van der Waals surface area contributed by atoms with Crippen molar-refractivity contribution in [2.24, 2.45) is 22.9 Å². The van der Waals surface area contributed by atoms with Gasteiger partial charge in [-0.2, -0.15) is 5.10 Å². The first-order valence-corrected chi connectivity index (χ1v) is 8.79. The summed E-state index contributed by atoms with van der Waals surface area (Å²) in [4.78, 5) is 16.6. The van der Waals surface area contributed by atoms with Crippen LogP contribution in [0.25, 0.3) is 11.0 Å². The summed E-state index contributed by atoms with van der Waals surface area (Å²) in [5.74, 6) is 1.58. The minimum absolute atomic E-state index is 0.105. The van der Waals surface area contributed by atoms with Crippen LogP contribution in [0.4, 0.5) is 0 Å². The Kier molecular flexibility index (Phi) is 4.97. The summed E-state index contributed by atoms with van der Waals surface area (Å²) in [6.07, 6.45) is 5.10. The highest BCUT2D eigenvalue weighted by Gasteiger charge is 2.27. The molecule has 1 N–H and O–H groups in total. The van der Waals surface area contributed by atoms with E-state index in [2.05, 4.69) is 36.3 Å². The molecule has 0 aliphatic heterocycles. The van der Waals surface area contributed by atoms with Gasteiger partial charge >= 0.3 is 0 Å². The molecule has 128 valence electrons. The van der Waals surface area contributed by atoms with Crippen LogP contribution in [0.3, 0.4) is 0 Å². The lowest BCUT2D eigenvalue weighted by Gasteiger charge is -2.30. The van der Waals surface area contributed by atoms with Gasteiger partial charge in [-0.1, -0.05) is 32.9 Å². The summed E-state index contributed by atoms with van der Waals surface area (Å²) in [5, 5.41) is 4.48. The smallest absolute Gasteiger partial charge is 0.260 e. The molecule has 2 atom stereocenters. The van der Waals surface area contributed by atoms with Gasteiger partial charge in [-0.25, -0.2) is 10.4 Å². The largest absolute Gasteiger partial charge is 0.321 e. The van der Waals surface area contributed by atoms with E-state index < -0.39 is 0 Å². The molecule has 5 nitrogen and oxygen atoms in total. The molecule has 0 spiro atoms. The summed E-state index contributed by atoms with van der Waals surface area (Å²) in [7, 11) is 0. The van der Waals surface area contributed by atoms with Gasteiger partial charge in [0.25, 0.3) is 5.91 Å². The van der Waals surface area contributed by atoms with Gasteiger partial charge in [-0.3, -0.25) is 4.79 Å². The zero-order chi connectivity index (χ0) is 17.1. The molecule has 0 saturated heterocycles. The number of amides is 1. The second-order valence-electron chi connectivity index (χ2n) is 7.24. The molecule has 1 amide bonds. The number of nitrogens with one attached hydrogen (secondary N) is 1. The fourth-order valence-corrected chi connectivity index (χ4v) is 3.55. The number of rotatable bonds is 4. The third-order valence-electron chi connectivity index (χ3n) is 4.93. The van der Waals surface area contributed by atoms with Gasteiger partial charge in [-0.15, -0.1) is 0 Å². The highest BCUT2D eigenvalue weighted by Crippen LogP contribution is 2.31. The molecular formula is C19H26N4O. The molecule has 1 heterocycles. The summed E-state index contributed by atoms with van der Waals surface area (Å²) in [6, 6.07) is 7.82. The second-order valence-corrected chi connectivity index (χ2v) is 7.24. The number of hydrogen-bond donors (Lipinski definition) is 1. The van der Waals surface area contributed by atoms with Crippen molar-refractivity contribution < 1.29 is 4.79 Å². The Bertz CT molecular complexity index is 747. The summed E-state index contributed by atoms with van der Waals surface area (Å²) < 4.78 is 1.86. The first kappa shape index (κ1) is 16.7. The van der Waals surface area contributed by atoms with Crippen LogP contribution in [-0.4, -0.2) is 21.2 Å². The average molecular weight is 326 g/mol. The highest BCUT2D eigenvalue weighted by atomic mass is 16.2. The topological polar surface area (TPSA) is 59.3 Å². The SMILES string of the molecule is CC(C)[C@@H]1CC[C@@H](C)CC1=NNC(=O)Cn1cnc2ccccc21. The van der Waals surface area contributed by atoms with Crippen molar-refractivity contribution in [3.05, 3.63) is 30.6 Å². The number of hydrazone groups is 1. The van der Waals surface area contributed by atoms with E-state index in [0.29, 0.717) is 17.8 Å². The number of nitrogens with zero attached hydrogens (tertiary/aromatic N) is 3. The molecule has 0 bridgehead atoms. The highest BCUT2D eigenvalue weighted by molar-refractivity contribution is 5.89. The van der Waals surface area contributed by atoms with Crippen LogP contribution in [0.15, 0.2) is 35.7 Å². The van der Waals surface area contributed by atoms with E-state index in [9.17, 15) is 4.79 Å². The first-order valence-electron chi connectivity index (χ1n) is 8.79. The lowest BCUT2D eigenvalue weighted by molar-refractivity contribution is -0.121. The standard InChI is InChI=1S/C19H26N4O/c1-13(2)15-9-8-14(3)10-17(15)21-22-19(24)11-23-12-20-16-6-4-5-7-18(16)23/h4-7,12-15H,8-11H2,1-3H3,(H,22,24)/t14-,15+/m1/s1. The monoisotopic (exact) mass is 326 g/mol. The first-order chi connectivity index (χ1) is 11.5. The average Bonchev–Trinajstić information content (AvgIpc) is 2.96. The Morgan fingerprint density at radius 2 is 2.17 bits per heavy atom. The second kappa shape index (κ2) is 7.16. The third-order valence-corrected chi connectivity index (χ3v) is 4.93. The predicted molar refractivity (Wildman–Crippen MR) is 96.7 cm³/mol. The summed E-state index contributed by atoms with van der Waals surface area (Å²) >= 11 is 0. The molecule has 1 aliphatic rings. The van der Waals surface area contributed by atoms with Crippen molar-refractivity contribution >= 4 is 22.7 Å². The van der Waals surface area contributed by atoms with Crippen molar-refractivity contribution in [1.29, 1.82) is 0 Å². The predicted octanol–water partition coefficient (Wildman–Crippen LogP) is 3.60. The number of imidazole rings is 1. The molecular weight excluding hydrogens is 300 g/mol. The minimum Gasteiger partial charge on any atom is -0.321 e. The van der Waals surface area contributed by atoms with Crippen LogP contribution in [0.1, 0.15) is 40.0 Å². The van der Waals surface area contributed by atoms with Crippen molar-refractivity contribution in [1.82, 2.24) is 15.0 Å². The van der Waals surface area contributed by atoms with Crippen molar-refractivity contribution in [2.45, 2.75) is 46.6 Å². The fourth-order valence-electron chi connectivity index (χ4n) is 3.55. The van der Waals surface area contributed by atoms with Crippen molar-refractivity contribution in [2.75, 3.05) is 0 Å². The van der Waals surface area contributed by atoms with Crippen LogP contribution < -0.4 is 5.43 Å². The Balaban J connectivity index is 1.67. The van der Waals surface area contributed by atoms with Gasteiger partial charge in [0.05, 0.1) is 17.4 Å². The molecule has 3 rings (SSSR count). The van der Waals surface area contributed by atoms with Crippen LogP contribution in [0, 0.1) is 17.8 Å². The Morgan fingerprint density at radius 3 is 2.96 bits per heavy atom. The molecule has 1 saturated carbocycles. The van der Waals surface area contributed by atoms with Gasteiger partial charge in [-0.05, 0) is 43.2 Å². The number of aromatic nitrogens is 2. The molecule has 1 fully saturated rings. The molecule has 1 aliphatic carbocycles. The van der Waals surface area contributed by atoms with E-state index in [1.807, 2.05) is 28.8 Å². The number of benzene rings is 1. The fraction of sp³-hybridized carbons (Fsp3) is 0.526. The van der Waals surface area contributed by atoms with Crippen LogP contribution in [0.2, 0.25) is 0 Å². The normalized spacial score (nSPS) is 23.1. The third kappa shape index (κ3) is 3.66. The Hall–Kier alpha value is -2.17. The number of hydrogen-bond acceptors (Lipinski definition) is 3. The van der Waals surface area contributed by atoms with Crippen LogP contribution >= 0.6 is 0 Å². The van der Waals surface area contributed by atoms with Crippen LogP contribution in [-0.2, 0) is 11.3 Å². The van der Waals surface area contributed by atoms with E-state index in [0.717, 1.165) is 23.2 Å². The van der Waals surface area contributed by atoms with E-state index in [1.165, 1.54) is 12.8 Å². The molecule has 1 aromatic carbocycles. The summed E-state index contributed by atoms with van der Waals surface area (Å²) in [6.45, 7) is 6.95.